The predicted octanol–water partition coefficient (Wildman–Crippen LogP) is 3.08. The summed E-state index contributed by atoms with van der Waals surface area (Å²) in [5.41, 5.74) is -0.685. The number of alkyl halides is 3. The molecule has 2 aromatic carbocycles. The van der Waals surface area contributed by atoms with Gasteiger partial charge in [0.05, 0.1) is 22.8 Å². The molecule has 0 aliphatic rings. The summed E-state index contributed by atoms with van der Waals surface area (Å²) in [7, 11) is 1.43. The van der Waals surface area contributed by atoms with Crippen molar-refractivity contribution in [2.45, 2.75) is 6.18 Å². The number of aromatic amines is 1. The minimum Gasteiger partial charge on any atom is -0.319 e. The highest BCUT2D eigenvalue weighted by Gasteiger charge is 2.30. The molecule has 1 amide bonds. The molecular weight excluding hydrogens is 411 g/mol. The number of nitrogens with one attached hydrogen (secondary N) is 2. The van der Waals surface area contributed by atoms with Crippen LogP contribution in [-0.4, -0.2) is 20.4 Å². The highest BCUT2D eigenvalue weighted by Crippen LogP contribution is 2.32. The Morgan fingerprint density at radius 2 is 1.94 bits per heavy atom. The van der Waals surface area contributed by atoms with Gasteiger partial charge in [-0.25, -0.2) is 15.0 Å². The van der Waals surface area contributed by atoms with Gasteiger partial charge in [-0.3, -0.25) is 14.2 Å². The second kappa shape index (κ2) is 7.63. The Labute approximate surface area is 173 Å². The molecule has 156 valence electrons. The minimum absolute atomic E-state index is 0.0384. The fourth-order valence-electron chi connectivity index (χ4n) is 3.12. The lowest BCUT2D eigenvalue weighted by Crippen LogP contribution is -2.22. The van der Waals surface area contributed by atoms with Crippen molar-refractivity contribution >= 4 is 22.5 Å². The Balaban J connectivity index is 1.86. The van der Waals surface area contributed by atoms with Crippen LogP contribution in [0, 0.1) is 0 Å². The third-order valence-electron chi connectivity index (χ3n) is 4.64. The predicted molar refractivity (Wildman–Crippen MR) is 106 cm³/mol. The van der Waals surface area contributed by atoms with Gasteiger partial charge in [-0.1, -0.05) is 18.2 Å². The van der Waals surface area contributed by atoms with E-state index in [0.29, 0.717) is 0 Å². The molecule has 0 fully saturated rings. The van der Waals surface area contributed by atoms with E-state index in [4.69, 9.17) is 0 Å². The summed E-state index contributed by atoms with van der Waals surface area (Å²) >= 11 is 0. The number of fused-ring (bicyclic) bond motifs is 1. The number of halogens is 3. The minimum atomic E-state index is -4.54. The molecule has 4 rings (SSSR count). The second-order valence-electron chi connectivity index (χ2n) is 6.68. The van der Waals surface area contributed by atoms with Gasteiger partial charge in [0.15, 0.2) is 18.1 Å². The first-order valence-corrected chi connectivity index (χ1v) is 9.06. The van der Waals surface area contributed by atoms with E-state index >= 15 is 0 Å². The lowest BCUT2D eigenvalue weighted by molar-refractivity contribution is -0.379. The van der Waals surface area contributed by atoms with Crippen LogP contribution in [0.5, 0.6) is 0 Å². The molecule has 0 saturated heterocycles. The number of amides is 1. The molecule has 0 unspecified atom stereocenters. The largest absolute Gasteiger partial charge is 0.416 e. The van der Waals surface area contributed by atoms with Crippen molar-refractivity contribution in [3.05, 3.63) is 82.7 Å². The van der Waals surface area contributed by atoms with Gasteiger partial charge in [0.25, 0.3) is 11.5 Å². The molecule has 2 N–H and O–H groups in total. The van der Waals surface area contributed by atoms with Gasteiger partial charge in [-0.05, 0) is 24.3 Å². The van der Waals surface area contributed by atoms with Gasteiger partial charge in [-0.2, -0.15) is 13.2 Å². The maximum atomic E-state index is 13.1. The number of nitrogens with zero attached hydrogens (tertiary/aromatic N) is 3. The zero-order chi connectivity index (χ0) is 22.2. The molecular formula is C21H15F3N5O2+. The van der Waals surface area contributed by atoms with Crippen molar-refractivity contribution in [1.82, 2.24) is 14.5 Å². The Morgan fingerprint density at radius 3 is 2.65 bits per heavy atom. The molecule has 0 bridgehead atoms. The maximum Gasteiger partial charge on any atom is 0.416 e. The van der Waals surface area contributed by atoms with E-state index in [-0.39, 0.29) is 33.7 Å². The van der Waals surface area contributed by atoms with Crippen LogP contribution in [-0.2, 0) is 13.2 Å². The summed E-state index contributed by atoms with van der Waals surface area (Å²) in [6.07, 6.45) is -0.176. The molecule has 4 aromatic rings. The van der Waals surface area contributed by atoms with E-state index in [1.54, 1.807) is 18.3 Å². The van der Waals surface area contributed by atoms with E-state index in [1.807, 2.05) is 0 Å². The third kappa shape index (κ3) is 3.87. The highest BCUT2D eigenvalue weighted by molar-refractivity contribution is 6.07. The van der Waals surface area contributed by atoms with Gasteiger partial charge < -0.3 is 5.32 Å². The molecule has 7 nitrogen and oxygen atoms in total. The van der Waals surface area contributed by atoms with E-state index in [0.717, 1.165) is 12.1 Å². The molecule has 10 heteroatoms. The normalized spacial score (nSPS) is 11.5. The van der Waals surface area contributed by atoms with Crippen molar-refractivity contribution in [2.75, 3.05) is 5.32 Å². The number of hydrogen-bond acceptors (Lipinski definition) is 4. The topological polar surface area (TPSA) is 91.0 Å². The van der Waals surface area contributed by atoms with E-state index < -0.39 is 23.2 Å². The third-order valence-corrected chi connectivity index (χ3v) is 4.64. The number of benzene rings is 2. The number of anilines is 1. The van der Waals surface area contributed by atoms with Crippen LogP contribution in [0.2, 0.25) is 0 Å². The number of para-hydroxylation sites is 1. The van der Waals surface area contributed by atoms with Gasteiger partial charge in [-0.15, -0.1) is 0 Å². The van der Waals surface area contributed by atoms with Gasteiger partial charge >= 0.3 is 6.18 Å². The summed E-state index contributed by atoms with van der Waals surface area (Å²) in [6, 6.07) is 9.22. The Hall–Kier alpha value is -4.08. The van der Waals surface area contributed by atoms with Crippen LogP contribution in [0.15, 0.2) is 65.8 Å². The smallest absolute Gasteiger partial charge is 0.319 e. The number of hydrogen-bond donors (Lipinski definition) is 1. The fraction of sp³-hybridized carbons (Fsp3) is 0.0952. The SMILES string of the molecule is Cn1c(-c2cccc(C(F)(F)F)c2)nc2c(NC(=O)c3c[nH+]ccn3)cccc2c1=O. The van der Waals surface area contributed by atoms with Crippen LogP contribution >= 0.6 is 0 Å². The lowest BCUT2D eigenvalue weighted by Gasteiger charge is -2.13. The summed E-state index contributed by atoms with van der Waals surface area (Å²) in [5, 5.41) is 2.86. The average molecular weight is 426 g/mol. The molecule has 0 spiro atoms. The fourth-order valence-corrected chi connectivity index (χ4v) is 3.12. The molecule has 0 aliphatic carbocycles. The standard InChI is InChI=1S/C21H14F3N5O2/c1-29-18(12-4-2-5-13(10-12)21(22,23)24)28-17-14(20(29)31)6-3-7-15(17)27-19(30)16-11-25-8-9-26-16/h2-11H,1H3,(H,27,30)/p+1. The molecule has 2 heterocycles. The molecule has 0 saturated carbocycles. The number of aromatic nitrogens is 4. The summed E-state index contributed by atoms with van der Waals surface area (Å²) in [5.74, 6) is -0.496. The Morgan fingerprint density at radius 1 is 1.16 bits per heavy atom. The number of rotatable bonds is 3. The molecule has 2 aromatic heterocycles. The second-order valence-corrected chi connectivity index (χ2v) is 6.68. The molecule has 0 radical (unpaired) electrons. The van der Waals surface area contributed by atoms with E-state index in [2.05, 4.69) is 20.3 Å². The van der Waals surface area contributed by atoms with Crippen LogP contribution in [0.25, 0.3) is 22.3 Å². The summed E-state index contributed by atoms with van der Waals surface area (Å²) in [4.78, 5) is 36.5. The van der Waals surface area contributed by atoms with E-state index in [9.17, 15) is 22.8 Å². The summed E-state index contributed by atoms with van der Waals surface area (Å²) < 4.78 is 40.6. The van der Waals surface area contributed by atoms with Crippen molar-refractivity contribution in [1.29, 1.82) is 0 Å². The maximum absolute atomic E-state index is 13.1. The number of carbonyl (C=O) groups is 1. The van der Waals surface area contributed by atoms with Crippen LogP contribution < -0.4 is 15.9 Å². The van der Waals surface area contributed by atoms with Gasteiger partial charge in [0.1, 0.15) is 11.3 Å². The highest BCUT2D eigenvalue weighted by atomic mass is 19.4. The number of H-pyrrole nitrogens is 1. The van der Waals surface area contributed by atoms with Crippen molar-refractivity contribution < 1.29 is 22.9 Å². The van der Waals surface area contributed by atoms with Gasteiger partial charge in [0, 0.05) is 12.6 Å². The Kier molecular flexibility index (Phi) is 4.97. The van der Waals surface area contributed by atoms with Gasteiger partial charge in [0.2, 0.25) is 0 Å². The summed E-state index contributed by atoms with van der Waals surface area (Å²) in [6.45, 7) is 0. The lowest BCUT2D eigenvalue weighted by atomic mass is 10.1. The van der Waals surface area contributed by atoms with E-state index in [1.165, 1.54) is 42.2 Å². The zero-order valence-electron chi connectivity index (χ0n) is 16.1. The van der Waals surface area contributed by atoms with Crippen LogP contribution in [0.3, 0.4) is 0 Å². The molecule has 31 heavy (non-hydrogen) atoms. The van der Waals surface area contributed by atoms with Crippen molar-refractivity contribution in [3.63, 3.8) is 0 Å². The first kappa shape index (κ1) is 20.2. The monoisotopic (exact) mass is 426 g/mol. The Bertz CT molecular complexity index is 1350. The molecule has 0 atom stereocenters. The van der Waals surface area contributed by atoms with Crippen LogP contribution in [0.1, 0.15) is 16.1 Å². The average Bonchev–Trinajstić information content (AvgIpc) is 2.76. The van der Waals surface area contributed by atoms with Crippen molar-refractivity contribution in [3.8, 4) is 11.4 Å². The quantitative estimate of drug-likeness (QED) is 0.545. The number of carbonyl (C=O) groups excluding carboxylic acids is 1. The first-order valence-electron chi connectivity index (χ1n) is 9.06. The molecule has 0 aliphatic heterocycles. The van der Waals surface area contributed by atoms with Crippen LogP contribution in [0.4, 0.5) is 18.9 Å². The van der Waals surface area contributed by atoms with Crippen molar-refractivity contribution in [2.24, 2.45) is 7.05 Å². The first-order chi connectivity index (χ1) is 14.8. The zero-order valence-corrected chi connectivity index (χ0v) is 16.1.